The molecule has 1 atom stereocenters. The van der Waals surface area contributed by atoms with Crippen LogP contribution in [0.25, 0.3) is 0 Å². The molecule has 1 aliphatic heterocycles. The number of carbonyl (C=O) groups excluding carboxylic acids is 2. The quantitative estimate of drug-likeness (QED) is 0.731. The maximum Gasteiger partial charge on any atom is 0.237 e. The molecule has 0 aromatic heterocycles. The van der Waals surface area contributed by atoms with Crippen LogP contribution in [0, 0.1) is 5.82 Å². The lowest BCUT2D eigenvalue weighted by Crippen LogP contribution is -2.50. The first-order valence-corrected chi connectivity index (χ1v) is 5.13. The van der Waals surface area contributed by atoms with Crippen molar-refractivity contribution in [3.8, 4) is 0 Å². The Bertz CT molecular complexity index is 458. The summed E-state index contributed by atoms with van der Waals surface area (Å²) >= 11 is 0. The van der Waals surface area contributed by atoms with E-state index >= 15 is 0 Å². The minimum Gasteiger partial charge on any atom is -0.296 e. The fourth-order valence-corrected chi connectivity index (χ4v) is 1.97. The number of nitrogens with one attached hydrogen (secondary N) is 1. The zero-order valence-corrected chi connectivity index (χ0v) is 8.92. The number of imide groups is 1. The van der Waals surface area contributed by atoms with Crippen molar-refractivity contribution in [2.45, 2.75) is 25.2 Å². The zero-order chi connectivity index (χ0) is 11.8. The van der Waals surface area contributed by atoms with Crippen LogP contribution in [-0.4, -0.2) is 11.8 Å². The molecule has 0 aliphatic carbocycles. The molecule has 0 spiro atoms. The second-order valence-electron chi connectivity index (χ2n) is 4.19. The SMILES string of the molecule is CC1(c2ccccc2F)CCC(=O)NC1=O. The summed E-state index contributed by atoms with van der Waals surface area (Å²) in [6.45, 7) is 1.66. The van der Waals surface area contributed by atoms with E-state index in [0.717, 1.165) is 0 Å². The third kappa shape index (κ3) is 1.60. The number of piperidine rings is 1. The molecule has 1 unspecified atom stereocenters. The Labute approximate surface area is 92.7 Å². The molecule has 1 aromatic rings. The normalized spacial score (nSPS) is 25.4. The Kier molecular flexibility index (Phi) is 2.50. The highest BCUT2D eigenvalue weighted by atomic mass is 19.1. The second kappa shape index (κ2) is 3.70. The van der Waals surface area contributed by atoms with Crippen molar-refractivity contribution >= 4 is 11.8 Å². The van der Waals surface area contributed by atoms with Gasteiger partial charge >= 0.3 is 0 Å². The number of hydrogen-bond acceptors (Lipinski definition) is 2. The van der Waals surface area contributed by atoms with Gasteiger partial charge in [-0.05, 0) is 19.4 Å². The molecule has 3 nitrogen and oxygen atoms in total. The summed E-state index contributed by atoms with van der Waals surface area (Å²) in [5, 5.41) is 2.25. The Morgan fingerprint density at radius 3 is 2.62 bits per heavy atom. The van der Waals surface area contributed by atoms with Gasteiger partial charge in [-0.15, -0.1) is 0 Å². The minimum atomic E-state index is -0.945. The molecule has 1 fully saturated rings. The molecule has 1 aromatic carbocycles. The van der Waals surface area contributed by atoms with E-state index < -0.39 is 17.1 Å². The molecule has 2 amide bonds. The van der Waals surface area contributed by atoms with Crippen molar-refractivity contribution in [1.82, 2.24) is 5.32 Å². The van der Waals surface area contributed by atoms with Gasteiger partial charge in [-0.25, -0.2) is 4.39 Å². The molecule has 0 radical (unpaired) electrons. The molecule has 1 N–H and O–H groups in total. The maximum absolute atomic E-state index is 13.6. The lowest BCUT2D eigenvalue weighted by atomic mass is 9.75. The summed E-state index contributed by atoms with van der Waals surface area (Å²) in [7, 11) is 0. The summed E-state index contributed by atoms with van der Waals surface area (Å²) in [6, 6.07) is 6.18. The van der Waals surface area contributed by atoms with Crippen LogP contribution in [0.1, 0.15) is 25.3 Å². The summed E-state index contributed by atoms with van der Waals surface area (Å²) in [6.07, 6.45) is 0.592. The number of hydrogen-bond donors (Lipinski definition) is 1. The van der Waals surface area contributed by atoms with Crippen molar-refractivity contribution in [2.75, 3.05) is 0 Å². The largest absolute Gasteiger partial charge is 0.296 e. The number of halogens is 1. The minimum absolute atomic E-state index is 0.247. The van der Waals surface area contributed by atoms with E-state index in [0.29, 0.717) is 12.0 Å². The lowest BCUT2D eigenvalue weighted by molar-refractivity contribution is -0.137. The predicted molar refractivity (Wildman–Crippen MR) is 56.1 cm³/mol. The first-order valence-electron chi connectivity index (χ1n) is 5.13. The van der Waals surface area contributed by atoms with Gasteiger partial charge in [0.25, 0.3) is 0 Å². The first-order chi connectivity index (χ1) is 7.54. The van der Waals surface area contributed by atoms with Crippen molar-refractivity contribution in [3.05, 3.63) is 35.6 Å². The van der Waals surface area contributed by atoms with Crippen LogP contribution in [0.2, 0.25) is 0 Å². The standard InChI is InChI=1S/C12H12FNO2/c1-12(7-6-10(15)14-11(12)16)8-4-2-3-5-9(8)13/h2-5H,6-7H2,1H3,(H,14,15,16). The fourth-order valence-electron chi connectivity index (χ4n) is 1.97. The molecule has 0 saturated carbocycles. The zero-order valence-electron chi connectivity index (χ0n) is 8.92. The molecule has 1 saturated heterocycles. The maximum atomic E-state index is 13.6. The van der Waals surface area contributed by atoms with Crippen molar-refractivity contribution in [2.24, 2.45) is 0 Å². The van der Waals surface area contributed by atoms with Gasteiger partial charge < -0.3 is 0 Å². The number of rotatable bonds is 1. The van der Waals surface area contributed by atoms with Crippen LogP contribution in [0.15, 0.2) is 24.3 Å². The number of amides is 2. The van der Waals surface area contributed by atoms with Crippen LogP contribution in [0.3, 0.4) is 0 Å². The van der Waals surface area contributed by atoms with Crippen LogP contribution >= 0.6 is 0 Å². The topological polar surface area (TPSA) is 46.2 Å². The third-order valence-electron chi connectivity index (χ3n) is 3.07. The van der Waals surface area contributed by atoms with E-state index in [1.807, 2.05) is 0 Å². The van der Waals surface area contributed by atoms with E-state index in [9.17, 15) is 14.0 Å². The number of benzene rings is 1. The third-order valence-corrected chi connectivity index (χ3v) is 3.07. The summed E-state index contributed by atoms with van der Waals surface area (Å²) in [5.74, 6) is -1.12. The summed E-state index contributed by atoms with van der Waals surface area (Å²) < 4.78 is 13.6. The molecule has 16 heavy (non-hydrogen) atoms. The highest BCUT2D eigenvalue weighted by molar-refractivity contribution is 6.03. The second-order valence-corrected chi connectivity index (χ2v) is 4.19. The van der Waals surface area contributed by atoms with Crippen LogP contribution in [-0.2, 0) is 15.0 Å². The Morgan fingerprint density at radius 1 is 1.31 bits per heavy atom. The fraction of sp³-hybridized carbons (Fsp3) is 0.333. The molecule has 1 aliphatic rings. The average Bonchev–Trinajstić information content (AvgIpc) is 2.25. The highest BCUT2D eigenvalue weighted by Crippen LogP contribution is 2.33. The van der Waals surface area contributed by atoms with Gasteiger partial charge in [-0.1, -0.05) is 18.2 Å². The monoisotopic (exact) mass is 221 g/mol. The molecule has 0 bridgehead atoms. The van der Waals surface area contributed by atoms with Gasteiger partial charge in [0.05, 0.1) is 5.41 Å². The summed E-state index contributed by atoms with van der Waals surface area (Å²) in [4.78, 5) is 22.8. The Balaban J connectivity index is 2.43. The van der Waals surface area contributed by atoms with Crippen LogP contribution < -0.4 is 5.32 Å². The molecule has 1 heterocycles. The van der Waals surface area contributed by atoms with E-state index in [2.05, 4.69) is 5.32 Å². The summed E-state index contributed by atoms with van der Waals surface area (Å²) in [5.41, 5.74) is -0.598. The van der Waals surface area contributed by atoms with E-state index in [-0.39, 0.29) is 12.3 Å². The average molecular weight is 221 g/mol. The lowest BCUT2D eigenvalue weighted by Gasteiger charge is -2.32. The van der Waals surface area contributed by atoms with E-state index in [4.69, 9.17) is 0 Å². The predicted octanol–water partition coefficient (Wildman–Crippen LogP) is 1.52. The molecular weight excluding hydrogens is 209 g/mol. The van der Waals surface area contributed by atoms with Gasteiger partial charge in [0.2, 0.25) is 11.8 Å². The van der Waals surface area contributed by atoms with Crippen LogP contribution in [0.4, 0.5) is 4.39 Å². The first kappa shape index (κ1) is 10.8. The van der Waals surface area contributed by atoms with Crippen LogP contribution in [0.5, 0.6) is 0 Å². The van der Waals surface area contributed by atoms with E-state index in [1.165, 1.54) is 6.07 Å². The molecular formula is C12H12FNO2. The molecule has 4 heteroatoms. The highest BCUT2D eigenvalue weighted by Gasteiger charge is 2.41. The molecule has 84 valence electrons. The molecule has 2 rings (SSSR count). The van der Waals surface area contributed by atoms with Crippen molar-refractivity contribution in [3.63, 3.8) is 0 Å². The van der Waals surface area contributed by atoms with Gasteiger partial charge in [0.1, 0.15) is 5.82 Å². The Hall–Kier alpha value is -1.71. The smallest absolute Gasteiger partial charge is 0.237 e. The van der Waals surface area contributed by atoms with Gasteiger partial charge in [0, 0.05) is 12.0 Å². The Morgan fingerprint density at radius 2 is 2.00 bits per heavy atom. The van der Waals surface area contributed by atoms with Gasteiger partial charge in [-0.3, -0.25) is 14.9 Å². The van der Waals surface area contributed by atoms with Crippen molar-refractivity contribution in [1.29, 1.82) is 0 Å². The van der Waals surface area contributed by atoms with E-state index in [1.54, 1.807) is 25.1 Å². The number of carbonyl (C=O) groups is 2. The van der Waals surface area contributed by atoms with Gasteiger partial charge in [-0.2, -0.15) is 0 Å². The van der Waals surface area contributed by atoms with Crippen molar-refractivity contribution < 1.29 is 14.0 Å². The van der Waals surface area contributed by atoms with Gasteiger partial charge in [0.15, 0.2) is 0 Å².